The Kier molecular flexibility index (Phi) is 5.75. The highest BCUT2D eigenvalue weighted by Crippen LogP contribution is 2.24. The number of carbonyl (C=O) groups excluding carboxylic acids is 1. The van der Waals surface area contributed by atoms with Gasteiger partial charge in [-0.3, -0.25) is 9.69 Å². The van der Waals surface area contributed by atoms with Crippen LogP contribution in [0, 0.1) is 0 Å². The third kappa shape index (κ3) is 4.15. The van der Waals surface area contributed by atoms with Gasteiger partial charge in [-0.1, -0.05) is 24.3 Å². The lowest BCUT2D eigenvalue weighted by atomic mass is 10.0. The second-order valence-electron chi connectivity index (χ2n) is 6.49. The van der Waals surface area contributed by atoms with Crippen molar-refractivity contribution in [1.82, 2.24) is 10.2 Å². The zero-order valence-electron chi connectivity index (χ0n) is 14.9. The normalized spacial score (nSPS) is 16.3. The van der Waals surface area contributed by atoms with Crippen LogP contribution in [0.1, 0.15) is 22.0 Å². The highest BCUT2D eigenvalue weighted by atomic mass is 16.3. The largest absolute Gasteiger partial charge is 0.507 e. The fourth-order valence-electron chi connectivity index (χ4n) is 3.25. The number of para-hydroxylation sites is 1. The Labute approximate surface area is 153 Å². The van der Waals surface area contributed by atoms with Crippen LogP contribution in [-0.4, -0.2) is 60.8 Å². The smallest absolute Gasteiger partial charge is 0.254 e. The van der Waals surface area contributed by atoms with E-state index in [9.17, 15) is 15.0 Å². The molecule has 1 aliphatic heterocycles. The van der Waals surface area contributed by atoms with E-state index in [0.29, 0.717) is 12.1 Å². The average molecular weight is 355 g/mol. The van der Waals surface area contributed by atoms with Crippen molar-refractivity contribution >= 4 is 11.6 Å². The number of hydrogen-bond donors (Lipinski definition) is 3. The first-order valence-corrected chi connectivity index (χ1v) is 8.84. The van der Waals surface area contributed by atoms with Crippen LogP contribution in [0.15, 0.2) is 48.5 Å². The van der Waals surface area contributed by atoms with Gasteiger partial charge in [0, 0.05) is 45.5 Å². The van der Waals surface area contributed by atoms with Gasteiger partial charge in [0.25, 0.3) is 5.91 Å². The molecule has 1 unspecified atom stereocenters. The van der Waals surface area contributed by atoms with Crippen LogP contribution in [0.2, 0.25) is 0 Å². The van der Waals surface area contributed by atoms with Gasteiger partial charge in [0.05, 0.1) is 11.7 Å². The van der Waals surface area contributed by atoms with E-state index in [1.807, 2.05) is 18.2 Å². The van der Waals surface area contributed by atoms with Crippen molar-refractivity contribution in [2.45, 2.75) is 6.10 Å². The molecule has 6 nitrogen and oxygen atoms in total. The molecule has 1 atom stereocenters. The molecule has 1 heterocycles. The van der Waals surface area contributed by atoms with E-state index in [0.717, 1.165) is 26.2 Å². The molecule has 1 saturated heterocycles. The summed E-state index contributed by atoms with van der Waals surface area (Å²) < 4.78 is 0. The number of rotatable bonds is 5. The summed E-state index contributed by atoms with van der Waals surface area (Å²) in [5.74, 6) is -0.454. The number of β-amino-alcohol motifs (C(OH)–C–C–N with tert-alkyl or cyclic N) is 1. The monoisotopic (exact) mass is 355 g/mol. The Bertz CT molecular complexity index is 743. The molecule has 0 saturated carbocycles. The lowest BCUT2D eigenvalue weighted by molar-refractivity contribution is 0.0958. The molecule has 0 radical (unpaired) electrons. The Morgan fingerprint density at radius 3 is 2.46 bits per heavy atom. The molecule has 0 spiro atoms. The van der Waals surface area contributed by atoms with Gasteiger partial charge in [-0.05, 0) is 29.8 Å². The maximum absolute atomic E-state index is 11.8. The number of hydrogen-bond acceptors (Lipinski definition) is 5. The number of amides is 1. The summed E-state index contributed by atoms with van der Waals surface area (Å²) >= 11 is 0. The highest BCUT2D eigenvalue weighted by molar-refractivity contribution is 5.96. The zero-order valence-corrected chi connectivity index (χ0v) is 14.9. The Hall–Kier alpha value is -2.57. The van der Waals surface area contributed by atoms with Crippen molar-refractivity contribution in [3.63, 3.8) is 0 Å². The molecule has 2 aromatic rings. The van der Waals surface area contributed by atoms with Gasteiger partial charge in [0.15, 0.2) is 0 Å². The maximum atomic E-state index is 11.8. The van der Waals surface area contributed by atoms with Crippen molar-refractivity contribution in [2.75, 3.05) is 44.7 Å². The first kappa shape index (κ1) is 18.2. The van der Waals surface area contributed by atoms with E-state index in [4.69, 9.17) is 0 Å². The van der Waals surface area contributed by atoms with Gasteiger partial charge in [-0.25, -0.2) is 0 Å². The van der Waals surface area contributed by atoms with Gasteiger partial charge in [-0.2, -0.15) is 0 Å². The molecule has 3 rings (SSSR count). The van der Waals surface area contributed by atoms with Crippen LogP contribution in [-0.2, 0) is 0 Å². The number of phenols is 1. The maximum Gasteiger partial charge on any atom is 0.254 e. The number of phenolic OH excluding ortho intramolecular Hbond substituents is 1. The highest BCUT2D eigenvalue weighted by Gasteiger charge is 2.21. The molecule has 2 aromatic carbocycles. The van der Waals surface area contributed by atoms with Crippen LogP contribution >= 0.6 is 0 Å². The van der Waals surface area contributed by atoms with E-state index >= 15 is 0 Å². The van der Waals surface area contributed by atoms with Gasteiger partial charge in [0.1, 0.15) is 5.75 Å². The lowest BCUT2D eigenvalue weighted by Crippen LogP contribution is -2.47. The van der Waals surface area contributed by atoms with E-state index in [1.54, 1.807) is 12.1 Å². The van der Waals surface area contributed by atoms with Crippen LogP contribution in [0.5, 0.6) is 5.75 Å². The minimum absolute atomic E-state index is 0.0863. The summed E-state index contributed by atoms with van der Waals surface area (Å²) in [5.41, 5.74) is 2.03. The first-order chi connectivity index (χ1) is 12.6. The van der Waals surface area contributed by atoms with Crippen LogP contribution in [0.25, 0.3) is 0 Å². The van der Waals surface area contributed by atoms with Crippen LogP contribution in [0.3, 0.4) is 0 Å². The molecule has 138 valence electrons. The second kappa shape index (κ2) is 8.21. The molecular formula is C20H25N3O3. The lowest BCUT2D eigenvalue weighted by Gasteiger charge is -2.37. The van der Waals surface area contributed by atoms with Gasteiger partial charge in [0.2, 0.25) is 0 Å². The molecule has 0 aromatic heterocycles. The molecule has 26 heavy (non-hydrogen) atoms. The first-order valence-electron chi connectivity index (χ1n) is 8.84. The third-order valence-electron chi connectivity index (χ3n) is 4.80. The molecular weight excluding hydrogens is 330 g/mol. The summed E-state index contributed by atoms with van der Waals surface area (Å²) in [5, 5.41) is 22.9. The Morgan fingerprint density at radius 2 is 1.81 bits per heavy atom. The summed E-state index contributed by atoms with van der Waals surface area (Å²) in [7, 11) is 1.51. The number of carbonyl (C=O) groups is 1. The number of benzene rings is 2. The number of aliphatic hydroxyl groups excluding tert-OH is 1. The topological polar surface area (TPSA) is 76.0 Å². The molecule has 0 aliphatic carbocycles. The number of aliphatic hydroxyl groups is 1. The SMILES string of the molecule is CNC(=O)c1cc(C(O)CN2CCN(c3ccccc3)CC2)ccc1O. The van der Waals surface area contributed by atoms with Crippen molar-refractivity contribution in [3.8, 4) is 5.75 Å². The second-order valence-corrected chi connectivity index (χ2v) is 6.49. The number of anilines is 1. The molecule has 6 heteroatoms. The predicted molar refractivity (Wildman–Crippen MR) is 102 cm³/mol. The Balaban J connectivity index is 1.59. The quantitative estimate of drug-likeness (QED) is 0.760. The minimum Gasteiger partial charge on any atom is -0.507 e. The van der Waals surface area contributed by atoms with Gasteiger partial charge < -0.3 is 20.4 Å². The van der Waals surface area contributed by atoms with Crippen LogP contribution in [0.4, 0.5) is 5.69 Å². The third-order valence-corrected chi connectivity index (χ3v) is 4.80. The summed E-state index contributed by atoms with van der Waals surface area (Å²) in [4.78, 5) is 16.4. The van der Waals surface area contributed by atoms with Crippen molar-refractivity contribution in [2.24, 2.45) is 0 Å². The van der Waals surface area contributed by atoms with E-state index < -0.39 is 6.10 Å². The summed E-state index contributed by atoms with van der Waals surface area (Å²) in [6.45, 7) is 4.06. The van der Waals surface area contributed by atoms with Crippen molar-refractivity contribution in [3.05, 3.63) is 59.7 Å². The standard InChI is InChI=1S/C20H25N3O3/c1-21-20(26)17-13-15(7-8-18(17)24)19(25)14-22-9-11-23(12-10-22)16-5-3-2-4-6-16/h2-8,13,19,24-25H,9-12,14H2,1H3,(H,21,26). The fraction of sp³-hybridized carbons (Fsp3) is 0.350. The van der Waals surface area contributed by atoms with Crippen LogP contribution < -0.4 is 10.2 Å². The van der Waals surface area contributed by atoms with E-state index in [2.05, 4.69) is 27.2 Å². The van der Waals surface area contributed by atoms with E-state index in [-0.39, 0.29) is 17.2 Å². The molecule has 1 fully saturated rings. The summed E-state index contributed by atoms with van der Waals surface area (Å²) in [6, 6.07) is 15.0. The van der Waals surface area contributed by atoms with Crippen molar-refractivity contribution < 1.29 is 15.0 Å². The van der Waals surface area contributed by atoms with Crippen molar-refractivity contribution in [1.29, 1.82) is 0 Å². The van der Waals surface area contributed by atoms with Gasteiger partial charge in [-0.15, -0.1) is 0 Å². The Morgan fingerprint density at radius 1 is 1.12 bits per heavy atom. The number of aromatic hydroxyl groups is 1. The predicted octanol–water partition coefficient (Wildman–Crippen LogP) is 1.61. The van der Waals surface area contributed by atoms with Gasteiger partial charge >= 0.3 is 0 Å². The fourth-order valence-corrected chi connectivity index (χ4v) is 3.25. The number of piperazine rings is 1. The minimum atomic E-state index is -0.706. The zero-order chi connectivity index (χ0) is 18.5. The average Bonchev–Trinajstić information content (AvgIpc) is 2.69. The molecule has 1 aliphatic rings. The number of nitrogens with zero attached hydrogens (tertiary/aromatic N) is 2. The molecule has 1 amide bonds. The molecule has 0 bridgehead atoms. The molecule has 3 N–H and O–H groups in total. The number of nitrogens with one attached hydrogen (secondary N) is 1. The van der Waals surface area contributed by atoms with E-state index in [1.165, 1.54) is 18.8 Å². The summed E-state index contributed by atoms with van der Waals surface area (Å²) in [6.07, 6.45) is -0.706.